The second-order valence-electron chi connectivity index (χ2n) is 7.09. The Morgan fingerprint density at radius 3 is 2.55 bits per heavy atom. The molecule has 4 rings (SSSR count). The lowest BCUT2D eigenvalue weighted by molar-refractivity contribution is 0.429. The summed E-state index contributed by atoms with van der Waals surface area (Å²) in [4.78, 5) is 7.50. The Kier molecular flexibility index (Phi) is 4.58. The predicted molar refractivity (Wildman–Crippen MR) is 106 cm³/mol. The molecule has 0 spiro atoms. The Morgan fingerprint density at radius 2 is 1.93 bits per heavy atom. The smallest absolute Gasteiger partial charge is 0.167 e. The van der Waals surface area contributed by atoms with E-state index in [4.69, 9.17) is 5.73 Å². The minimum Gasteiger partial charge on any atom is -0.508 e. The number of hydrogen-bond acceptors (Lipinski definition) is 5. The van der Waals surface area contributed by atoms with Crippen molar-refractivity contribution in [1.29, 1.82) is 0 Å². The SMILES string of the molecule is C=C(O)C1=CN(c2ccc(F)cc2F)c2nc(N3CCC(N)C3)c(F)cc2C1=C. The third kappa shape index (κ3) is 3.25. The lowest BCUT2D eigenvalue weighted by Gasteiger charge is -2.31. The van der Waals surface area contributed by atoms with Crippen LogP contribution in [0.4, 0.5) is 30.5 Å². The van der Waals surface area contributed by atoms with E-state index in [0.717, 1.165) is 12.1 Å². The zero-order valence-electron chi connectivity index (χ0n) is 15.5. The van der Waals surface area contributed by atoms with Gasteiger partial charge in [0.2, 0.25) is 0 Å². The van der Waals surface area contributed by atoms with Crippen LogP contribution in [-0.2, 0) is 0 Å². The number of aliphatic hydroxyl groups is 1. The molecule has 1 aromatic heterocycles. The minimum atomic E-state index is -0.835. The van der Waals surface area contributed by atoms with E-state index >= 15 is 0 Å². The van der Waals surface area contributed by atoms with Crippen LogP contribution < -0.4 is 15.5 Å². The number of pyridine rings is 1. The summed E-state index contributed by atoms with van der Waals surface area (Å²) < 4.78 is 42.8. The Hall–Kier alpha value is -3.26. The lowest BCUT2D eigenvalue weighted by Crippen LogP contribution is -2.29. The van der Waals surface area contributed by atoms with Gasteiger partial charge in [0.1, 0.15) is 23.2 Å². The van der Waals surface area contributed by atoms with Gasteiger partial charge in [0.15, 0.2) is 11.6 Å². The van der Waals surface area contributed by atoms with E-state index in [9.17, 15) is 18.3 Å². The van der Waals surface area contributed by atoms with Crippen molar-refractivity contribution in [1.82, 2.24) is 4.98 Å². The highest BCUT2D eigenvalue weighted by Gasteiger charge is 2.31. The molecule has 3 N–H and O–H groups in total. The maximum Gasteiger partial charge on any atom is 0.167 e. The standard InChI is InChI=1S/C21H19F3N4O/c1-11-15-8-18(24)21(27-6-5-14(25)9-27)26-20(15)28(10-16(11)12(2)29)19-4-3-13(22)7-17(19)23/h3-4,7-8,10,14,29H,1-2,5-6,9,25H2. The first-order chi connectivity index (χ1) is 13.8. The molecule has 150 valence electrons. The van der Waals surface area contributed by atoms with Gasteiger partial charge in [-0.3, -0.25) is 4.90 Å². The molecule has 1 saturated heterocycles. The molecule has 0 amide bonds. The summed E-state index contributed by atoms with van der Waals surface area (Å²) in [6.45, 7) is 8.37. The van der Waals surface area contributed by atoms with Crippen molar-refractivity contribution >= 4 is 22.9 Å². The average molecular weight is 400 g/mol. The summed E-state index contributed by atoms with van der Waals surface area (Å²) in [5, 5.41) is 9.94. The Labute approximate surface area is 165 Å². The van der Waals surface area contributed by atoms with Crippen LogP contribution >= 0.6 is 0 Å². The minimum absolute atomic E-state index is 0.0120. The third-order valence-electron chi connectivity index (χ3n) is 5.08. The first kappa shape index (κ1) is 19.1. The Morgan fingerprint density at radius 1 is 1.17 bits per heavy atom. The fourth-order valence-electron chi connectivity index (χ4n) is 3.60. The zero-order chi connectivity index (χ0) is 20.9. The summed E-state index contributed by atoms with van der Waals surface area (Å²) >= 11 is 0. The van der Waals surface area contributed by atoms with E-state index in [0.29, 0.717) is 25.1 Å². The number of allylic oxidation sites excluding steroid dienone is 1. The lowest BCUT2D eigenvalue weighted by atomic mass is 9.95. The third-order valence-corrected chi connectivity index (χ3v) is 5.08. The van der Waals surface area contributed by atoms with Gasteiger partial charge in [-0.05, 0) is 30.2 Å². The highest BCUT2D eigenvalue weighted by Crippen LogP contribution is 2.43. The molecule has 3 heterocycles. The summed E-state index contributed by atoms with van der Waals surface area (Å²) in [6.07, 6.45) is 2.10. The van der Waals surface area contributed by atoms with Crippen LogP contribution in [0.2, 0.25) is 0 Å². The van der Waals surface area contributed by atoms with Crippen LogP contribution in [0.5, 0.6) is 0 Å². The number of fused-ring (bicyclic) bond motifs is 1. The van der Waals surface area contributed by atoms with Crippen molar-refractivity contribution in [3.63, 3.8) is 0 Å². The van der Waals surface area contributed by atoms with Crippen molar-refractivity contribution in [2.75, 3.05) is 22.9 Å². The Bertz CT molecular complexity index is 1070. The van der Waals surface area contributed by atoms with Crippen molar-refractivity contribution in [2.45, 2.75) is 12.5 Å². The number of benzene rings is 1. The molecule has 2 aromatic rings. The molecule has 0 bridgehead atoms. The van der Waals surface area contributed by atoms with Gasteiger partial charge in [-0.2, -0.15) is 0 Å². The number of halogens is 3. The average Bonchev–Trinajstić information content (AvgIpc) is 3.08. The quantitative estimate of drug-likeness (QED) is 0.758. The molecule has 0 radical (unpaired) electrons. The molecule has 0 aliphatic carbocycles. The summed E-state index contributed by atoms with van der Waals surface area (Å²) in [6, 6.07) is 4.25. The number of nitrogens with two attached hydrogens (primary N) is 1. The molecule has 1 unspecified atom stereocenters. The monoisotopic (exact) mass is 400 g/mol. The van der Waals surface area contributed by atoms with Crippen LogP contribution in [0.1, 0.15) is 12.0 Å². The molecule has 1 fully saturated rings. The van der Waals surface area contributed by atoms with Gasteiger partial charge in [-0.1, -0.05) is 13.2 Å². The topological polar surface area (TPSA) is 65.6 Å². The van der Waals surface area contributed by atoms with E-state index < -0.39 is 17.5 Å². The first-order valence-electron chi connectivity index (χ1n) is 9.01. The normalized spacial score (nSPS) is 18.7. The van der Waals surface area contributed by atoms with Crippen molar-refractivity contribution in [3.05, 3.63) is 78.0 Å². The maximum atomic E-state index is 14.9. The number of anilines is 3. The van der Waals surface area contributed by atoms with Gasteiger partial charge >= 0.3 is 0 Å². The van der Waals surface area contributed by atoms with E-state index in [1.807, 2.05) is 0 Å². The zero-order valence-corrected chi connectivity index (χ0v) is 15.5. The molecular formula is C21H19F3N4O. The van der Waals surface area contributed by atoms with Crippen LogP contribution in [0.3, 0.4) is 0 Å². The number of hydrogen-bond donors (Lipinski definition) is 2. The number of aromatic nitrogens is 1. The van der Waals surface area contributed by atoms with Crippen molar-refractivity contribution in [2.24, 2.45) is 5.73 Å². The largest absolute Gasteiger partial charge is 0.508 e. The van der Waals surface area contributed by atoms with E-state index in [2.05, 4.69) is 18.1 Å². The highest BCUT2D eigenvalue weighted by molar-refractivity contribution is 5.93. The highest BCUT2D eigenvalue weighted by atomic mass is 19.1. The molecule has 0 saturated carbocycles. The van der Waals surface area contributed by atoms with E-state index in [-0.39, 0.29) is 40.3 Å². The van der Waals surface area contributed by atoms with Gasteiger partial charge in [0, 0.05) is 42.5 Å². The summed E-state index contributed by atoms with van der Waals surface area (Å²) in [7, 11) is 0. The van der Waals surface area contributed by atoms with E-state index in [1.54, 1.807) is 4.90 Å². The van der Waals surface area contributed by atoms with Crippen LogP contribution in [0.25, 0.3) is 5.57 Å². The van der Waals surface area contributed by atoms with Crippen molar-refractivity contribution in [3.8, 4) is 0 Å². The maximum absolute atomic E-state index is 14.9. The molecule has 2 aliphatic heterocycles. The van der Waals surface area contributed by atoms with Gasteiger partial charge < -0.3 is 15.7 Å². The van der Waals surface area contributed by atoms with E-state index in [1.165, 1.54) is 23.2 Å². The summed E-state index contributed by atoms with van der Waals surface area (Å²) in [5.41, 5.74) is 6.67. The fraction of sp³-hybridized carbons (Fsp3) is 0.190. The van der Waals surface area contributed by atoms with Crippen molar-refractivity contribution < 1.29 is 18.3 Å². The molecule has 8 heteroatoms. The van der Waals surface area contributed by atoms with Crippen LogP contribution in [0, 0.1) is 17.5 Å². The number of nitrogens with zero attached hydrogens (tertiary/aromatic N) is 3. The molecule has 29 heavy (non-hydrogen) atoms. The summed E-state index contributed by atoms with van der Waals surface area (Å²) in [5.74, 6) is -2.16. The molecule has 2 aliphatic rings. The van der Waals surface area contributed by atoms with Gasteiger partial charge in [-0.15, -0.1) is 0 Å². The Balaban J connectivity index is 1.91. The molecule has 5 nitrogen and oxygen atoms in total. The van der Waals surface area contributed by atoms with Crippen LogP contribution in [-0.4, -0.2) is 29.2 Å². The molecule has 1 atom stereocenters. The molecule has 1 aromatic carbocycles. The number of aliphatic hydroxyl groups excluding tert-OH is 1. The van der Waals surface area contributed by atoms with Gasteiger partial charge in [0.25, 0.3) is 0 Å². The molecular weight excluding hydrogens is 381 g/mol. The second kappa shape index (κ2) is 6.97. The fourth-order valence-corrected chi connectivity index (χ4v) is 3.60. The first-order valence-corrected chi connectivity index (χ1v) is 9.01. The van der Waals surface area contributed by atoms with Crippen LogP contribution in [0.15, 0.2) is 55.0 Å². The van der Waals surface area contributed by atoms with Gasteiger partial charge in [0.05, 0.1) is 5.69 Å². The second-order valence-corrected chi connectivity index (χ2v) is 7.09. The number of rotatable bonds is 3. The van der Waals surface area contributed by atoms with Gasteiger partial charge in [-0.25, -0.2) is 18.2 Å². The predicted octanol–water partition coefficient (Wildman–Crippen LogP) is 4.16.